The summed E-state index contributed by atoms with van der Waals surface area (Å²) in [7, 11) is -2.43. The fourth-order valence-electron chi connectivity index (χ4n) is 2.46. The number of aryl methyl sites for hydroxylation is 1. The Morgan fingerprint density at radius 1 is 1.15 bits per heavy atom. The smallest absolute Gasteiger partial charge is 0.243 e. The molecular weight excluding hydrogens is 378 g/mol. The number of nitrogens with one attached hydrogen (secondary N) is 1. The zero-order valence-electron chi connectivity index (χ0n) is 15.1. The molecule has 0 atom stereocenters. The second kappa shape index (κ2) is 8.45. The summed E-state index contributed by atoms with van der Waals surface area (Å²) >= 11 is 0. The standard InChI is InChI=1S/C18H20F2N2O4S/c1-4-22(11-18(23)21-13-5-7-15(19)16(20)10-13)27(24,25)14-6-8-17(26-3)12(2)9-14/h5-10H,4,11H2,1-3H3,(H,21,23). The number of ether oxygens (including phenoxy) is 1. The maximum Gasteiger partial charge on any atom is 0.243 e. The van der Waals surface area contributed by atoms with E-state index in [4.69, 9.17) is 4.74 Å². The van der Waals surface area contributed by atoms with Gasteiger partial charge in [-0.15, -0.1) is 0 Å². The number of rotatable bonds is 7. The molecule has 0 aromatic heterocycles. The van der Waals surface area contributed by atoms with Crippen molar-refractivity contribution in [3.63, 3.8) is 0 Å². The number of carbonyl (C=O) groups excluding carboxylic acids is 1. The van der Waals surface area contributed by atoms with E-state index in [1.807, 2.05) is 0 Å². The van der Waals surface area contributed by atoms with Crippen molar-refractivity contribution >= 4 is 21.6 Å². The molecule has 0 heterocycles. The number of hydrogen-bond donors (Lipinski definition) is 1. The molecule has 0 radical (unpaired) electrons. The van der Waals surface area contributed by atoms with Crippen molar-refractivity contribution in [3.05, 3.63) is 53.6 Å². The van der Waals surface area contributed by atoms with Crippen LogP contribution in [0, 0.1) is 18.6 Å². The zero-order chi connectivity index (χ0) is 20.2. The van der Waals surface area contributed by atoms with Crippen molar-refractivity contribution in [2.45, 2.75) is 18.7 Å². The van der Waals surface area contributed by atoms with Gasteiger partial charge < -0.3 is 10.1 Å². The van der Waals surface area contributed by atoms with Gasteiger partial charge in [-0.2, -0.15) is 4.31 Å². The van der Waals surface area contributed by atoms with Crippen LogP contribution in [0.4, 0.5) is 14.5 Å². The molecule has 146 valence electrons. The highest BCUT2D eigenvalue weighted by molar-refractivity contribution is 7.89. The SMILES string of the molecule is CCN(CC(=O)Nc1ccc(F)c(F)c1)S(=O)(=O)c1ccc(OC)c(C)c1. The average molecular weight is 398 g/mol. The lowest BCUT2D eigenvalue weighted by molar-refractivity contribution is -0.116. The third kappa shape index (κ3) is 4.81. The minimum absolute atomic E-state index is 0.0308. The Morgan fingerprint density at radius 2 is 1.85 bits per heavy atom. The molecule has 9 heteroatoms. The van der Waals surface area contributed by atoms with E-state index in [-0.39, 0.29) is 17.1 Å². The summed E-state index contributed by atoms with van der Waals surface area (Å²) in [4.78, 5) is 12.2. The lowest BCUT2D eigenvalue weighted by Gasteiger charge is -2.20. The van der Waals surface area contributed by atoms with E-state index < -0.39 is 34.1 Å². The van der Waals surface area contributed by atoms with Crippen molar-refractivity contribution in [2.24, 2.45) is 0 Å². The molecule has 27 heavy (non-hydrogen) atoms. The lowest BCUT2D eigenvalue weighted by Crippen LogP contribution is -2.37. The number of likely N-dealkylation sites (N-methyl/N-ethyl adjacent to an activating group) is 1. The third-order valence-corrected chi connectivity index (χ3v) is 5.80. The molecule has 0 spiro atoms. The molecule has 1 amide bonds. The van der Waals surface area contributed by atoms with Gasteiger partial charge in [-0.25, -0.2) is 17.2 Å². The summed E-state index contributed by atoms with van der Waals surface area (Å²) in [6, 6.07) is 7.29. The van der Waals surface area contributed by atoms with Crippen LogP contribution >= 0.6 is 0 Å². The molecule has 2 aromatic rings. The Hall–Kier alpha value is -2.52. The van der Waals surface area contributed by atoms with Gasteiger partial charge in [-0.05, 0) is 42.8 Å². The minimum atomic E-state index is -3.92. The maximum atomic E-state index is 13.2. The molecule has 0 saturated heterocycles. The molecule has 0 aliphatic carbocycles. The minimum Gasteiger partial charge on any atom is -0.496 e. The van der Waals surface area contributed by atoms with E-state index >= 15 is 0 Å². The maximum absolute atomic E-state index is 13.2. The molecule has 0 fully saturated rings. The fraction of sp³-hybridized carbons (Fsp3) is 0.278. The van der Waals surface area contributed by atoms with Gasteiger partial charge >= 0.3 is 0 Å². The second-order valence-electron chi connectivity index (χ2n) is 5.74. The summed E-state index contributed by atoms with van der Waals surface area (Å²) < 4.78 is 57.9. The Balaban J connectivity index is 2.18. The predicted octanol–water partition coefficient (Wildman–Crippen LogP) is 2.93. The number of hydrogen-bond acceptors (Lipinski definition) is 4. The summed E-state index contributed by atoms with van der Waals surface area (Å²) in [5.41, 5.74) is 0.675. The molecule has 0 bridgehead atoms. The predicted molar refractivity (Wildman–Crippen MR) is 97.2 cm³/mol. The van der Waals surface area contributed by atoms with Crippen LogP contribution in [0.3, 0.4) is 0 Å². The molecule has 0 unspecified atom stereocenters. The molecule has 6 nitrogen and oxygen atoms in total. The first-order valence-electron chi connectivity index (χ1n) is 8.08. The molecule has 2 rings (SSSR count). The highest BCUT2D eigenvalue weighted by Crippen LogP contribution is 2.23. The van der Waals surface area contributed by atoms with Crippen molar-refractivity contribution in [3.8, 4) is 5.75 Å². The van der Waals surface area contributed by atoms with Crippen molar-refractivity contribution in [1.29, 1.82) is 0 Å². The van der Waals surface area contributed by atoms with Gasteiger partial charge in [0.15, 0.2) is 11.6 Å². The van der Waals surface area contributed by atoms with Gasteiger partial charge in [-0.3, -0.25) is 4.79 Å². The molecule has 0 aliphatic heterocycles. The summed E-state index contributed by atoms with van der Waals surface area (Å²) in [5.74, 6) is -2.27. The fourth-order valence-corrected chi connectivity index (χ4v) is 3.95. The van der Waals surface area contributed by atoms with Crippen molar-refractivity contribution in [2.75, 3.05) is 25.5 Å². The van der Waals surface area contributed by atoms with Crippen LogP contribution in [-0.2, 0) is 14.8 Å². The van der Waals surface area contributed by atoms with Gasteiger partial charge in [0, 0.05) is 18.3 Å². The van der Waals surface area contributed by atoms with Crippen molar-refractivity contribution < 1.29 is 26.7 Å². The van der Waals surface area contributed by atoms with Crippen LogP contribution in [-0.4, -0.2) is 38.8 Å². The largest absolute Gasteiger partial charge is 0.496 e. The number of halogens is 2. The number of benzene rings is 2. The number of methoxy groups -OCH3 is 1. The van der Waals surface area contributed by atoms with Crippen LogP contribution in [0.25, 0.3) is 0 Å². The topological polar surface area (TPSA) is 75.7 Å². The molecule has 2 aromatic carbocycles. The molecule has 1 N–H and O–H groups in total. The molecule has 0 aliphatic rings. The lowest BCUT2D eigenvalue weighted by atomic mass is 10.2. The Bertz CT molecular complexity index is 948. The van der Waals surface area contributed by atoms with E-state index in [2.05, 4.69) is 5.32 Å². The quantitative estimate of drug-likeness (QED) is 0.778. The Labute approximate surface area is 156 Å². The summed E-state index contributed by atoms with van der Waals surface area (Å²) in [6.45, 7) is 2.89. The monoisotopic (exact) mass is 398 g/mol. The summed E-state index contributed by atoms with van der Waals surface area (Å²) in [5, 5.41) is 2.36. The van der Waals surface area contributed by atoms with Gasteiger partial charge in [0.05, 0.1) is 18.6 Å². The number of sulfonamides is 1. The van der Waals surface area contributed by atoms with Crippen LogP contribution in [0.2, 0.25) is 0 Å². The number of nitrogens with zero attached hydrogens (tertiary/aromatic N) is 1. The highest BCUT2D eigenvalue weighted by atomic mass is 32.2. The number of anilines is 1. The number of carbonyl (C=O) groups is 1. The van der Waals surface area contributed by atoms with Crippen LogP contribution in [0.15, 0.2) is 41.3 Å². The second-order valence-corrected chi connectivity index (χ2v) is 7.68. The van der Waals surface area contributed by atoms with Crippen LogP contribution < -0.4 is 10.1 Å². The Morgan fingerprint density at radius 3 is 2.41 bits per heavy atom. The molecule has 0 saturated carbocycles. The molecular formula is C18H20F2N2O4S. The van der Waals surface area contributed by atoms with Crippen molar-refractivity contribution in [1.82, 2.24) is 4.31 Å². The number of amides is 1. The summed E-state index contributed by atoms with van der Waals surface area (Å²) in [6.07, 6.45) is 0. The normalized spacial score (nSPS) is 11.5. The average Bonchev–Trinajstić information content (AvgIpc) is 2.62. The van der Waals surface area contributed by atoms with E-state index in [1.54, 1.807) is 13.8 Å². The third-order valence-electron chi connectivity index (χ3n) is 3.88. The zero-order valence-corrected chi connectivity index (χ0v) is 15.9. The van der Waals surface area contributed by atoms with Gasteiger partial charge in [0.25, 0.3) is 0 Å². The van der Waals surface area contributed by atoms with Gasteiger partial charge in [0.1, 0.15) is 5.75 Å². The van der Waals surface area contributed by atoms with Gasteiger partial charge in [0.2, 0.25) is 15.9 Å². The van der Waals surface area contributed by atoms with E-state index in [0.717, 1.165) is 16.4 Å². The first-order valence-corrected chi connectivity index (χ1v) is 9.52. The Kier molecular flexibility index (Phi) is 6.50. The first-order chi connectivity index (χ1) is 12.7. The van der Waals surface area contributed by atoms with Gasteiger partial charge in [-0.1, -0.05) is 6.92 Å². The van der Waals surface area contributed by atoms with E-state index in [0.29, 0.717) is 11.3 Å². The highest BCUT2D eigenvalue weighted by Gasteiger charge is 2.26. The van der Waals surface area contributed by atoms with Crippen LogP contribution in [0.5, 0.6) is 5.75 Å². The van der Waals surface area contributed by atoms with Crippen LogP contribution in [0.1, 0.15) is 12.5 Å². The van der Waals surface area contributed by atoms with E-state index in [9.17, 15) is 22.0 Å². The van der Waals surface area contributed by atoms with E-state index in [1.165, 1.54) is 31.4 Å². The first kappa shape index (κ1) is 20.8.